The maximum atomic E-state index is 14.2. The molecule has 5 aromatic heterocycles. The number of amides is 1. The number of methoxy groups -OCH3 is 1. The van der Waals surface area contributed by atoms with Gasteiger partial charge in [0.2, 0.25) is 5.91 Å². The normalized spacial score (nSPS) is 13.2. The van der Waals surface area contributed by atoms with Crippen LogP contribution in [0.15, 0.2) is 61.2 Å². The first-order valence-corrected chi connectivity index (χ1v) is 12.4. The maximum Gasteiger partial charge on any atom is 0.227 e. The number of H-pyrrole nitrogens is 2. The molecule has 1 amide bonds. The summed E-state index contributed by atoms with van der Waals surface area (Å²) in [5, 5.41) is 11.1. The number of halogens is 1. The van der Waals surface area contributed by atoms with E-state index in [-0.39, 0.29) is 11.8 Å². The predicted octanol–water partition coefficient (Wildman–Crippen LogP) is 5.12. The fraction of sp³-hybridized carbons (Fsp3) is 0.143. The minimum atomic E-state index is -0.428. The van der Waals surface area contributed by atoms with Gasteiger partial charge in [-0.3, -0.25) is 19.9 Å². The van der Waals surface area contributed by atoms with Crippen molar-refractivity contribution in [3.05, 3.63) is 67.0 Å². The Morgan fingerprint density at radius 1 is 1.05 bits per heavy atom. The van der Waals surface area contributed by atoms with Gasteiger partial charge in [-0.25, -0.2) is 14.4 Å². The van der Waals surface area contributed by atoms with Crippen LogP contribution in [0.1, 0.15) is 12.8 Å². The van der Waals surface area contributed by atoms with Crippen LogP contribution in [0.2, 0.25) is 0 Å². The summed E-state index contributed by atoms with van der Waals surface area (Å²) >= 11 is 0. The lowest BCUT2D eigenvalue weighted by Crippen LogP contribution is -2.13. The van der Waals surface area contributed by atoms with Gasteiger partial charge in [0.05, 0.1) is 35.6 Å². The number of hydrogen-bond acceptors (Lipinski definition) is 7. The molecule has 39 heavy (non-hydrogen) atoms. The average Bonchev–Trinajstić information content (AvgIpc) is 3.58. The molecule has 5 heterocycles. The topological polar surface area (TPSA) is 134 Å². The number of nitrogens with zero attached hydrogens (tertiary/aromatic N) is 5. The monoisotopic (exact) mass is 520 g/mol. The summed E-state index contributed by atoms with van der Waals surface area (Å²) in [5.74, 6) is 0.622. The summed E-state index contributed by atoms with van der Waals surface area (Å²) in [4.78, 5) is 33.6. The third-order valence-electron chi connectivity index (χ3n) is 6.72. The predicted molar refractivity (Wildman–Crippen MR) is 143 cm³/mol. The Morgan fingerprint density at radius 3 is 2.77 bits per heavy atom. The van der Waals surface area contributed by atoms with Gasteiger partial charge in [-0.2, -0.15) is 5.10 Å². The van der Waals surface area contributed by atoms with Gasteiger partial charge in [-0.1, -0.05) is 0 Å². The fourth-order valence-corrected chi connectivity index (χ4v) is 4.58. The van der Waals surface area contributed by atoms with Gasteiger partial charge in [0, 0.05) is 47.3 Å². The van der Waals surface area contributed by atoms with E-state index in [4.69, 9.17) is 9.72 Å². The molecule has 1 fully saturated rings. The Kier molecular flexibility index (Phi) is 5.29. The first-order chi connectivity index (χ1) is 19.1. The van der Waals surface area contributed by atoms with Gasteiger partial charge in [0.1, 0.15) is 22.8 Å². The van der Waals surface area contributed by atoms with Crippen molar-refractivity contribution in [1.29, 1.82) is 0 Å². The third kappa shape index (κ3) is 4.23. The van der Waals surface area contributed by atoms with E-state index in [0.29, 0.717) is 45.4 Å². The largest absolute Gasteiger partial charge is 0.497 e. The summed E-state index contributed by atoms with van der Waals surface area (Å²) in [6.45, 7) is 0. The molecule has 0 radical (unpaired) electrons. The molecule has 0 unspecified atom stereocenters. The number of rotatable bonds is 6. The van der Waals surface area contributed by atoms with E-state index in [9.17, 15) is 9.18 Å². The zero-order chi connectivity index (χ0) is 26.5. The maximum absolute atomic E-state index is 14.2. The van der Waals surface area contributed by atoms with Crippen molar-refractivity contribution in [1.82, 2.24) is 35.1 Å². The lowest BCUT2D eigenvalue weighted by Gasteiger charge is -2.06. The summed E-state index contributed by atoms with van der Waals surface area (Å²) in [6, 6.07) is 10.1. The van der Waals surface area contributed by atoms with Crippen LogP contribution in [0.5, 0.6) is 5.75 Å². The van der Waals surface area contributed by atoms with Gasteiger partial charge in [0.15, 0.2) is 11.5 Å². The summed E-state index contributed by atoms with van der Waals surface area (Å²) in [7, 11) is 1.49. The standard InChI is InChI=1S/C28H21FN8O2/c1-39-20-8-15(6-18(29)10-20)23-25-22(4-5-31-23)34-27(35-25)24-21-9-17(12-32-26(21)37-36-24)16-7-19(13-30-11-16)33-28(38)14-2-3-14/h4-14H,2-3H2,1H3,(H,33,38)(H,34,35)(H,32,36,37). The lowest BCUT2D eigenvalue weighted by atomic mass is 10.1. The van der Waals surface area contributed by atoms with Crippen LogP contribution in [-0.2, 0) is 4.79 Å². The number of anilines is 1. The van der Waals surface area contributed by atoms with Crippen molar-refractivity contribution in [2.75, 3.05) is 12.4 Å². The summed E-state index contributed by atoms with van der Waals surface area (Å²) in [5.41, 5.74) is 5.80. The number of aromatic amines is 2. The number of hydrogen-bond donors (Lipinski definition) is 3. The number of imidazole rings is 1. The Balaban J connectivity index is 1.28. The van der Waals surface area contributed by atoms with Crippen molar-refractivity contribution in [2.45, 2.75) is 12.8 Å². The van der Waals surface area contributed by atoms with Gasteiger partial charge in [-0.15, -0.1) is 0 Å². The van der Waals surface area contributed by atoms with Crippen LogP contribution in [0.4, 0.5) is 10.1 Å². The molecule has 1 aromatic carbocycles. The van der Waals surface area contributed by atoms with Gasteiger partial charge in [-0.05, 0) is 43.2 Å². The van der Waals surface area contributed by atoms with Gasteiger partial charge in [0.25, 0.3) is 0 Å². The quantitative estimate of drug-likeness (QED) is 0.277. The van der Waals surface area contributed by atoms with Crippen LogP contribution in [-0.4, -0.2) is 48.1 Å². The Bertz CT molecular complexity index is 1890. The van der Waals surface area contributed by atoms with E-state index in [0.717, 1.165) is 34.9 Å². The van der Waals surface area contributed by atoms with Crippen molar-refractivity contribution in [2.24, 2.45) is 5.92 Å². The molecule has 10 nitrogen and oxygen atoms in total. The van der Waals surface area contributed by atoms with E-state index in [2.05, 4.69) is 35.5 Å². The minimum absolute atomic E-state index is 0.0232. The second kappa shape index (κ2) is 8.98. The molecule has 3 N–H and O–H groups in total. The first kappa shape index (κ1) is 23.0. The van der Waals surface area contributed by atoms with E-state index >= 15 is 0 Å². The van der Waals surface area contributed by atoms with Gasteiger partial charge < -0.3 is 15.0 Å². The molecule has 192 valence electrons. The van der Waals surface area contributed by atoms with E-state index < -0.39 is 5.82 Å². The highest BCUT2D eigenvalue weighted by molar-refractivity contribution is 5.97. The van der Waals surface area contributed by atoms with E-state index in [1.54, 1.807) is 36.9 Å². The molecule has 0 aliphatic heterocycles. The van der Waals surface area contributed by atoms with Gasteiger partial charge >= 0.3 is 0 Å². The second-order valence-electron chi connectivity index (χ2n) is 9.44. The fourth-order valence-electron chi connectivity index (χ4n) is 4.58. The lowest BCUT2D eigenvalue weighted by molar-refractivity contribution is -0.117. The number of aromatic nitrogens is 7. The zero-order valence-electron chi connectivity index (χ0n) is 20.7. The van der Waals surface area contributed by atoms with Crippen molar-refractivity contribution in [3.8, 4) is 39.7 Å². The first-order valence-electron chi connectivity index (χ1n) is 12.4. The molecular weight excluding hydrogens is 499 g/mol. The molecule has 1 aliphatic rings. The zero-order valence-corrected chi connectivity index (χ0v) is 20.7. The number of ether oxygens (including phenoxy) is 1. The van der Waals surface area contributed by atoms with E-state index in [1.807, 2.05) is 12.1 Å². The molecular formula is C28H21FN8O2. The second-order valence-corrected chi connectivity index (χ2v) is 9.44. The van der Waals surface area contributed by atoms with Crippen molar-refractivity contribution < 1.29 is 13.9 Å². The number of pyridine rings is 3. The Labute approximate surface area is 220 Å². The number of carbonyl (C=O) groups is 1. The molecule has 1 aliphatic carbocycles. The van der Waals surface area contributed by atoms with Crippen molar-refractivity contribution in [3.63, 3.8) is 0 Å². The molecule has 0 spiro atoms. The molecule has 11 heteroatoms. The third-order valence-corrected chi connectivity index (χ3v) is 6.72. The molecule has 6 aromatic rings. The van der Waals surface area contributed by atoms with Crippen LogP contribution in [0, 0.1) is 11.7 Å². The van der Waals surface area contributed by atoms with Crippen LogP contribution in [0.3, 0.4) is 0 Å². The minimum Gasteiger partial charge on any atom is -0.497 e. The summed E-state index contributed by atoms with van der Waals surface area (Å²) in [6.07, 6.45) is 8.57. The SMILES string of the molecule is COc1cc(F)cc(-c2nccc3[nH]c(-c4[nH]nc5ncc(-c6cncc(NC(=O)C7CC7)c6)cc45)nc23)c1. The molecule has 0 saturated heterocycles. The molecule has 1 saturated carbocycles. The van der Waals surface area contributed by atoms with E-state index in [1.165, 1.54) is 19.2 Å². The van der Waals surface area contributed by atoms with Crippen LogP contribution in [0.25, 0.3) is 56.0 Å². The molecule has 0 bridgehead atoms. The molecule has 0 atom stereocenters. The summed E-state index contributed by atoms with van der Waals surface area (Å²) < 4.78 is 19.5. The number of nitrogens with one attached hydrogen (secondary N) is 3. The Morgan fingerprint density at radius 2 is 1.92 bits per heavy atom. The number of benzene rings is 1. The van der Waals surface area contributed by atoms with Crippen LogP contribution >= 0.6 is 0 Å². The van der Waals surface area contributed by atoms with Crippen molar-refractivity contribution >= 4 is 33.7 Å². The highest BCUT2D eigenvalue weighted by Gasteiger charge is 2.29. The number of carbonyl (C=O) groups excluding carboxylic acids is 1. The highest BCUT2D eigenvalue weighted by atomic mass is 19.1. The highest BCUT2D eigenvalue weighted by Crippen LogP contribution is 2.34. The van der Waals surface area contributed by atoms with Crippen LogP contribution < -0.4 is 10.1 Å². The number of fused-ring (bicyclic) bond motifs is 2. The average molecular weight is 521 g/mol. The molecule has 7 rings (SSSR count). The smallest absolute Gasteiger partial charge is 0.227 e. The Hall–Kier alpha value is -5.19.